The zero-order valence-electron chi connectivity index (χ0n) is 20.1. The van der Waals surface area contributed by atoms with Crippen molar-refractivity contribution < 1.29 is 14.3 Å². The molecule has 182 valence electrons. The van der Waals surface area contributed by atoms with Gasteiger partial charge in [-0.1, -0.05) is 49.2 Å². The van der Waals surface area contributed by atoms with Gasteiger partial charge in [0.1, 0.15) is 23.1 Å². The number of nitrogens with one attached hydrogen (secondary N) is 2. The quantitative estimate of drug-likeness (QED) is 0.426. The maximum atomic E-state index is 12.9. The number of hydrogen-bond donors (Lipinski definition) is 2. The number of rotatable bonds is 8. The number of amides is 2. The van der Waals surface area contributed by atoms with Crippen LogP contribution in [0, 0.1) is 13.8 Å². The fourth-order valence-electron chi connectivity index (χ4n) is 4.33. The number of carbonyl (C=O) groups excluding carboxylic acids is 2. The van der Waals surface area contributed by atoms with Crippen LogP contribution in [0.15, 0.2) is 60.0 Å². The van der Waals surface area contributed by atoms with Crippen LogP contribution in [0.5, 0.6) is 5.75 Å². The first-order valence-electron chi connectivity index (χ1n) is 12.0. The smallest absolute Gasteiger partial charge is 0.271 e. The summed E-state index contributed by atoms with van der Waals surface area (Å²) in [6.07, 6.45) is 7.04. The van der Waals surface area contributed by atoms with Crippen molar-refractivity contribution in [3.8, 4) is 5.75 Å². The largest absolute Gasteiger partial charge is 0.486 e. The summed E-state index contributed by atoms with van der Waals surface area (Å²) in [7, 11) is 0. The van der Waals surface area contributed by atoms with Gasteiger partial charge >= 0.3 is 0 Å². The van der Waals surface area contributed by atoms with E-state index in [-0.39, 0.29) is 23.9 Å². The van der Waals surface area contributed by atoms with E-state index in [4.69, 9.17) is 4.74 Å². The summed E-state index contributed by atoms with van der Waals surface area (Å²) >= 11 is 1.41. The minimum Gasteiger partial charge on any atom is -0.486 e. The first kappa shape index (κ1) is 24.7. The van der Waals surface area contributed by atoms with E-state index >= 15 is 0 Å². The Balaban J connectivity index is 1.31. The third-order valence-electron chi connectivity index (χ3n) is 5.98. The topological polar surface area (TPSA) is 80.3 Å². The Morgan fingerprint density at radius 2 is 1.71 bits per heavy atom. The molecule has 0 radical (unpaired) electrons. The Morgan fingerprint density at radius 3 is 2.43 bits per heavy atom. The molecule has 7 heteroatoms. The molecule has 0 saturated heterocycles. The van der Waals surface area contributed by atoms with Gasteiger partial charge in [0.05, 0.1) is 0 Å². The molecule has 0 bridgehead atoms. The van der Waals surface area contributed by atoms with Gasteiger partial charge in [0.2, 0.25) is 5.91 Å². The lowest BCUT2D eigenvalue weighted by Crippen LogP contribution is -2.53. The van der Waals surface area contributed by atoms with Gasteiger partial charge in [-0.25, -0.2) is 4.98 Å². The van der Waals surface area contributed by atoms with Crippen LogP contribution in [-0.4, -0.2) is 28.9 Å². The average molecular weight is 490 g/mol. The number of hydrogen-bond acceptors (Lipinski definition) is 5. The van der Waals surface area contributed by atoms with E-state index in [9.17, 15) is 9.59 Å². The molecule has 2 N–H and O–H groups in total. The Hall–Kier alpha value is -3.45. The van der Waals surface area contributed by atoms with Crippen LogP contribution in [-0.2, 0) is 11.4 Å². The van der Waals surface area contributed by atoms with Gasteiger partial charge in [-0.3, -0.25) is 9.59 Å². The second kappa shape index (κ2) is 11.8. The molecule has 1 aliphatic carbocycles. The predicted octanol–water partition coefficient (Wildman–Crippen LogP) is 5.21. The molecule has 1 aliphatic rings. The summed E-state index contributed by atoms with van der Waals surface area (Å²) in [6.45, 7) is 4.38. The summed E-state index contributed by atoms with van der Waals surface area (Å²) in [5.41, 5.74) is 3.64. The normalized spacial score (nSPS) is 17.8. The molecule has 1 fully saturated rings. The zero-order valence-corrected chi connectivity index (χ0v) is 20.9. The van der Waals surface area contributed by atoms with Crippen LogP contribution in [0.1, 0.15) is 57.9 Å². The van der Waals surface area contributed by atoms with E-state index in [2.05, 4.69) is 21.7 Å². The fourth-order valence-corrected chi connectivity index (χ4v) is 5.01. The second-order valence-electron chi connectivity index (χ2n) is 8.96. The molecule has 6 nitrogen and oxygen atoms in total. The molecule has 2 aromatic carbocycles. The Morgan fingerprint density at radius 1 is 1.03 bits per heavy atom. The molecule has 1 aromatic heterocycles. The van der Waals surface area contributed by atoms with Crippen LogP contribution >= 0.6 is 11.3 Å². The number of nitrogens with zero attached hydrogens (tertiary/aromatic N) is 1. The molecule has 2 amide bonds. The fraction of sp³-hybridized carbons (Fsp3) is 0.321. The summed E-state index contributed by atoms with van der Waals surface area (Å²) in [5.74, 6) is 0.426. The highest BCUT2D eigenvalue weighted by molar-refractivity contribution is 7.09. The first-order chi connectivity index (χ1) is 17.0. The minimum absolute atomic E-state index is 0.105. The highest BCUT2D eigenvalue weighted by Crippen LogP contribution is 2.21. The Labute approximate surface area is 210 Å². The Kier molecular flexibility index (Phi) is 8.32. The molecule has 1 saturated carbocycles. The van der Waals surface area contributed by atoms with Crippen molar-refractivity contribution in [2.45, 2.75) is 58.2 Å². The zero-order chi connectivity index (χ0) is 24.6. The monoisotopic (exact) mass is 489 g/mol. The van der Waals surface area contributed by atoms with E-state index in [1.165, 1.54) is 11.3 Å². The molecular weight excluding hydrogens is 458 g/mol. The van der Waals surface area contributed by atoms with Gasteiger partial charge in [-0.15, -0.1) is 11.3 Å². The standard InChI is InChI=1S/C28H31N3O3S/c1-19-14-20(2)16-22(15-19)34-17-27-30-25(18-35-27)28(33)31-24-11-7-6-10-23(24)29-26(32)13-12-21-8-4-3-5-9-21/h3-5,8-9,12-16,18,23-24H,6-7,10-11,17H2,1-2H3,(H,29,32)(H,31,33)/b13-12+/t23-,24+/m1/s1. The van der Waals surface area contributed by atoms with Crippen molar-refractivity contribution in [3.05, 3.63) is 87.4 Å². The van der Waals surface area contributed by atoms with E-state index in [1.54, 1.807) is 17.5 Å². The molecular formula is C28H31N3O3S. The van der Waals surface area contributed by atoms with Gasteiger partial charge < -0.3 is 15.4 Å². The van der Waals surface area contributed by atoms with Gasteiger partial charge in [0.25, 0.3) is 5.91 Å². The highest BCUT2D eigenvalue weighted by Gasteiger charge is 2.28. The first-order valence-corrected chi connectivity index (χ1v) is 12.8. The van der Waals surface area contributed by atoms with Crippen molar-refractivity contribution >= 4 is 29.2 Å². The van der Waals surface area contributed by atoms with Crippen LogP contribution in [0.3, 0.4) is 0 Å². The number of carbonyl (C=O) groups is 2. The minimum atomic E-state index is -0.218. The van der Waals surface area contributed by atoms with Gasteiger partial charge in [0, 0.05) is 23.5 Å². The molecule has 0 spiro atoms. The van der Waals surface area contributed by atoms with Crippen LogP contribution in [0.4, 0.5) is 0 Å². The predicted molar refractivity (Wildman–Crippen MR) is 139 cm³/mol. The van der Waals surface area contributed by atoms with Crippen molar-refractivity contribution in [1.82, 2.24) is 15.6 Å². The van der Waals surface area contributed by atoms with Crippen molar-refractivity contribution in [2.75, 3.05) is 0 Å². The van der Waals surface area contributed by atoms with Crippen molar-refractivity contribution in [1.29, 1.82) is 0 Å². The third kappa shape index (κ3) is 7.26. The van der Waals surface area contributed by atoms with Crippen LogP contribution < -0.4 is 15.4 Å². The second-order valence-corrected chi connectivity index (χ2v) is 9.90. The molecule has 3 aromatic rings. The number of thiazole rings is 1. The van der Waals surface area contributed by atoms with E-state index in [0.29, 0.717) is 12.3 Å². The van der Waals surface area contributed by atoms with Crippen molar-refractivity contribution in [3.63, 3.8) is 0 Å². The summed E-state index contributed by atoms with van der Waals surface area (Å²) in [6, 6.07) is 15.5. The van der Waals surface area contributed by atoms with Crippen molar-refractivity contribution in [2.24, 2.45) is 0 Å². The molecule has 0 aliphatic heterocycles. The lowest BCUT2D eigenvalue weighted by Gasteiger charge is -2.32. The molecule has 35 heavy (non-hydrogen) atoms. The van der Waals surface area contributed by atoms with Gasteiger partial charge in [-0.2, -0.15) is 0 Å². The van der Waals surface area contributed by atoms with Crippen LogP contribution in [0.2, 0.25) is 0 Å². The maximum Gasteiger partial charge on any atom is 0.271 e. The molecule has 0 unspecified atom stereocenters. The number of aromatic nitrogens is 1. The van der Waals surface area contributed by atoms with Gasteiger partial charge in [-0.05, 0) is 61.6 Å². The number of aryl methyl sites for hydroxylation is 2. The number of ether oxygens (including phenoxy) is 1. The summed E-state index contributed by atoms with van der Waals surface area (Å²) in [5, 5.41) is 8.67. The lowest BCUT2D eigenvalue weighted by atomic mass is 9.90. The maximum absolute atomic E-state index is 12.9. The van der Waals surface area contributed by atoms with E-state index in [0.717, 1.165) is 53.1 Å². The molecule has 4 rings (SSSR count). The van der Waals surface area contributed by atoms with Crippen LogP contribution in [0.25, 0.3) is 6.08 Å². The molecule has 1 heterocycles. The number of benzene rings is 2. The summed E-state index contributed by atoms with van der Waals surface area (Å²) in [4.78, 5) is 29.8. The Bertz CT molecular complexity index is 1170. The lowest BCUT2D eigenvalue weighted by molar-refractivity contribution is -0.117. The van der Waals surface area contributed by atoms with E-state index in [1.807, 2.05) is 56.3 Å². The highest BCUT2D eigenvalue weighted by atomic mass is 32.1. The van der Waals surface area contributed by atoms with E-state index < -0.39 is 0 Å². The van der Waals surface area contributed by atoms with Gasteiger partial charge in [0.15, 0.2) is 0 Å². The average Bonchev–Trinajstić information content (AvgIpc) is 3.32. The summed E-state index contributed by atoms with van der Waals surface area (Å²) < 4.78 is 5.87. The SMILES string of the molecule is Cc1cc(C)cc(OCc2nc(C(=O)N[C@H]3CCCC[C@H]3NC(=O)/C=C/c3ccccc3)cs2)c1. The third-order valence-corrected chi connectivity index (χ3v) is 6.80. The molecule has 2 atom stereocenters.